The van der Waals surface area contributed by atoms with Crippen LogP contribution in [-0.4, -0.2) is 23.9 Å². The summed E-state index contributed by atoms with van der Waals surface area (Å²) in [6.07, 6.45) is 4.36. The quantitative estimate of drug-likeness (QED) is 0.942. The number of fused-ring (bicyclic) bond motifs is 2. The highest BCUT2D eigenvalue weighted by Gasteiger charge is 2.56. The number of benzene rings is 1. The van der Waals surface area contributed by atoms with Gasteiger partial charge in [0, 0.05) is 30.1 Å². The Bertz CT molecular complexity index is 722. The van der Waals surface area contributed by atoms with Gasteiger partial charge in [-0.25, -0.2) is 0 Å². The molecular formula is C19H22N2O. The first kappa shape index (κ1) is 13.9. The van der Waals surface area contributed by atoms with Crippen LogP contribution in [0.25, 0.3) is 10.8 Å². The van der Waals surface area contributed by atoms with Crippen LogP contribution in [-0.2, 0) is 10.2 Å². The molecule has 4 rings (SSSR count). The predicted molar refractivity (Wildman–Crippen MR) is 87.7 cm³/mol. The number of carbonyl (C=O) groups is 1. The van der Waals surface area contributed by atoms with E-state index in [-0.39, 0.29) is 5.41 Å². The standard InChI is InChI=1S/C19H22N2O/c1-19(2,8-17(22)18-14-10-21-11-15(14)18)16-5-3-4-12-9-20-7-6-13(12)16/h3-7,9,14-15,18,21H,8,10-11H2,1-2H3/t14-,15+,18?. The van der Waals surface area contributed by atoms with Crippen molar-refractivity contribution in [2.75, 3.05) is 13.1 Å². The fourth-order valence-corrected chi connectivity index (χ4v) is 4.26. The van der Waals surface area contributed by atoms with Crippen molar-refractivity contribution in [3.63, 3.8) is 0 Å². The van der Waals surface area contributed by atoms with Gasteiger partial charge in [-0.2, -0.15) is 0 Å². The van der Waals surface area contributed by atoms with E-state index in [2.05, 4.69) is 48.4 Å². The van der Waals surface area contributed by atoms with Crippen LogP contribution in [0.4, 0.5) is 0 Å². The van der Waals surface area contributed by atoms with Crippen molar-refractivity contribution < 1.29 is 4.79 Å². The number of nitrogens with one attached hydrogen (secondary N) is 1. The van der Waals surface area contributed by atoms with Gasteiger partial charge in [0.2, 0.25) is 0 Å². The van der Waals surface area contributed by atoms with Gasteiger partial charge in [-0.3, -0.25) is 9.78 Å². The molecule has 1 aromatic carbocycles. The Kier molecular flexibility index (Phi) is 3.08. The molecule has 2 aromatic rings. The molecule has 2 aliphatic rings. The van der Waals surface area contributed by atoms with E-state index in [0.717, 1.165) is 18.5 Å². The van der Waals surface area contributed by atoms with Gasteiger partial charge < -0.3 is 5.32 Å². The van der Waals surface area contributed by atoms with Gasteiger partial charge in [-0.1, -0.05) is 32.0 Å². The lowest BCUT2D eigenvalue weighted by Crippen LogP contribution is -2.26. The maximum absolute atomic E-state index is 12.7. The number of rotatable bonds is 4. The van der Waals surface area contributed by atoms with Crippen LogP contribution in [0.3, 0.4) is 0 Å². The summed E-state index contributed by atoms with van der Waals surface area (Å²) in [7, 11) is 0. The fourth-order valence-electron chi connectivity index (χ4n) is 4.26. The van der Waals surface area contributed by atoms with E-state index in [1.165, 1.54) is 10.9 Å². The second-order valence-corrected chi connectivity index (χ2v) is 7.44. The van der Waals surface area contributed by atoms with Crippen molar-refractivity contribution in [3.05, 3.63) is 42.2 Å². The molecule has 0 bridgehead atoms. The van der Waals surface area contributed by atoms with Gasteiger partial charge in [0.25, 0.3) is 0 Å². The van der Waals surface area contributed by atoms with Crippen molar-refractivity contribution in [2.24, 2.45) is 17.8 Å². The van der Waals surface area contributed by atoms with E-state index in [1.54, 1.807) is 0 Å². The molecule has 1 aliphatic heterocycles. The van der Waals surface area contributed by atoms with Crippen LogP contribution in [0.2, 0.25) is 0 Å². The number of ketones is 1. The summed E-state index contributed by atoms with van der Waals surface area (Å²) in [6, 6.07) is 8.37. The van der Waals surface area contributed by atoms with Gasteiger partial charge >= 0.3 is 0 Å². The second kappa shape index (κ2) is 4.88. The van der Waals surface area contributed by atoms with Crippen LogP contribution >= 0.6 is 0 Å². The number of pyridine rings is 1. The van der Waals surface area contributed by atoms with E-state index in [1.807, 2.05) is 12.4 Å². The summed E-state index contributed by atoms with van der Waals surface area (Å²) in [5.74, 6) is 1.99. The molecule has 2 heterocycles. The number of hydrogen-bond donors (Lipinski definition) is 1. The lowest BCUT2D eigenvalue weighted by Gasteiger charge is -2.26. The Morgan fingerprint density at radius 3 is 2.82 bits per heavy atom. The van der Waals surface area contributed by atoms with Crippen LogP contribution in [0, 0.1) is 17.8 Å². The first-order chi connectivity index (χ1) is 10.6. The fraction of sp³-hybridized carbons (Fsp3) is 0.474. The molecule has 3 nitrogen and oxygen atoms in total. The monoisotopic (exact) mass is 294 g/mol. The molecule has 1 N–H and O–H groups in total. The van der Waals surface area contributed by atoms with E-state index >= 15 is 0 Å². The number of piperidine rings is 1. The average Bonchev–Trinajstić information content (AvgIpc) is 3.00. The number of hydrogen-bond acceptors (Lipinski definition) is 3. The molecule has 22 heavy (non-hydrogen) atoms. The molecule has 0 spiro atoms. The third kappa shape index (κ3) is 2.15. The van der Waals surface area contributed by atoms with Gasteiger partial charge in [0.1, 0.15) is 5.78 Å². The zero-order valence-electron chi connectivity index (χ0n) is 13.2. The smallest absolute Gasteiger partial charge is 0.137 e. The Morgan fingerprint density at radius 2 is 2.05 bits per heavy atom. The molecule has 1 saturated carbocycles. The predicted octanol–water partition coefficient (Wildman–Crippen LogP) is 2.94. The van der Waals surface area contributed by atoms with E-state index in [9.17, 15) is 4.79 Å². The molecule has 0 amide bonds. The lowest BCUT2D eigenvalue weighted by atomic mass is 9.77. The molecular weight excluding hydrogens is 272 g/mol. The largest absolute Gasteiger partial charge is 0.316 e. The zero-order valence-corrected chi connectivity index (χ0v) is 13.2. The van der Waals surface area contributed by atoms with Gasteiger partial charge in [0.15, 0.2) is 0 Å². The Labute approximate surface area is 131 Å². The highest BCUT2D eigenvalue weighted by Crippen LogP contribution is 2.50. The van der Waals surface area contributed by atoms with Crippen molar-refractivity contribution >= 4 is 16.6 Å². The third-order valence-electron chi connectivity index (χ3n) is 5.49. The second-order valence-electron chi connectivity index (χ2n) is 7.44. The summed E-state index contributed by atoms with van der Waals surface area (Å²) in [5, 5.41) is 5.73. The molecule has 0 radical (unpaired) electrons. The zero-order chi connectivity index (χ0) is 15.3. The topological polar surface area (TPSA) is 42.0 Å². The Balaban J connectivity index is 1.61. The molecule has 1 aromatic heterocycles. The highest BCUT2D eigenvalue weighted by atomic mass is 16.1. The number of Topliss-reactive ketones (excluding diaryl/α,β-unsaturated/α-hetero) is 1. The summed E-state index contributed by atoms with van der Waals surface area (Å²) in [5.41, 5.74) is 1.12. The van der Waals surface area contributed by atoms with Gasteiger partial charge in [-0.05, 0) is 47.4 Å². The lowest BCUT2D eigenvalue weighted by molar-refractivity contribution is -0.122. The highest BCUT2D eigenvalue weighted by molar-refractivity contribution is 5.89. The van der Waals surface area contributed by atoms with Crippen molar-refractivity contribution in [2.45, 2.75) is 25.7 Å². The first-order valence-corrected chi connectivity index (χ1v) is 8.14. The molecule has 1 saturated heterocycles. The maximum Gasteiger partial charge on any atom is 0.137 e. The minimum absolute atomic E-state index is 0.137. The summed E-state index contributed by atoms with van der Waals surface area (Å²) in [4.78, 5) is 16.9. The summed E-state index contributed by atoms with van der Waals surface area (Å²) < 4.78 is 0. The SMILES string of the molecule is CC(C)(CC(=O)C1[C@H]2CNC[C@@H]12)c1cccc2cnccc12. The number of aromatic nitrogens is 1. The average molecular weight is 294 g/mol. The number of carbonyl (C=O) groups excluding carboxylic acids is 1. The van der Waals surface area contributed by atoms with E-state index < -0.39 is 0 Å². The summed E-state index contributed by atoms with van der Waals surface area (Å²) >= 11 is 0. The summed E-state index contributed by atoms with van der Waals surface area (Å²) in [6.45, 7) is 6.44. The van der Waals surface area contributed by atoms with Crippen molar-refractivity contribution in [3.8, 4) is 0 Å². The maximum atomic E-state index is 12.7. The van der Waals surface area contributed by atoms with E-state index in [4.69, 9.17) is 0 Å². The van der Waals surface area contributed by atoms with Crippen molar-refractivity contribution in [1.29, 1.82) is 0 Å². The minimum Gasteiger partial charge on any atom is -0.316 e. The Morgan fingerprint density at radius 1 is 1.27 bits per heavy atom. The Hall–Kier alpha value is -1.74. The molecule has 2 fully saturated rings. The van der Waals surface area contributed by atoms with Crippen LogP contribution < -0.4 is 5.32 Å². The molecule has 114 valence electrons. The van der Waals surface area contributed by atoms with Crippen LogP contribution in [0.5, 0.6) is 0 Å². The van der Waals surface area contributed by atoms with E-state index in [0.29, 0.717) is 30.0 Å². The molecule has 1 aliphatic carbocycles. The van der Waals surface area contributed by atoms with Crippen molar-refractivity contribution in [1.82, 2.24) is 10.3 Å². The van der Waals surface area contributed by atoms with Crippen LogP contribution in [0.1, 0.15) is 25.8 Å². The first-order valence-electron chi connectivity index (χ1n) is 8.14. The minimum atomic E-state index is -0.137. The number of nitrogens with zero attached hydrogens (tertiary/aromatic N) is 1. The van der Waals surface area contributed by atoms with Gasteiger partial charge in [-0.15, -0.1) is 0 Å². The van der Waals surface area contributed by atoms with Gasteiger partial charge in [0.05, 0.1) is 0 Å². The van der Waals surface area contributed by atoms with Crippen LogP contribution in [0.15, 0.2) is 36.7 Å². The molecule has 3 heteroatoms. The molecule has 3 atom stereocenters. The third-order valence-corrected chi connectivity index (χ3v) is 5.49. The molecule has 1 unspecified atom stereocenters. The normalized spacial score (nSPS) is 26.9.